The SMILES string of the molecule is CCn1cc(N)nc1COc1cccc(OC)c1. The first-order valence-corrected chi connectivity index (χ1v) is 5.81. The Hall–Kier alpha value is -2.17. The van der Waals surface area contributed by atoms with E-state index in [9.17, 15) is 0 Å². The summed E-state index contributed by atoms with van der Waals surface area (Å²) in [4.78, 5) is 4.22. The zero-order valence-corrected chi connectivity index (χ0v) is 10.6. The number of imidazole rings is 1. The first kappa shape index (κ1) is 12.3. The molecule has 1 aromatic carbocycles. The van der Waals surface area contributed by atoms with E-state index < -0.39 is 0 Å². The third kappa shape index (κ3) is 2.74. The molecule has 0 saturated heterocycles. The molecule has 5 nitrogen and oxygen atoms in total. The van der Waals surface area contributed by atoms with Crippen LogP contribution in [0, 0.1) is 0 Å². The Balaban J connectivity index is 2.06. The average molecular weight is 247 g/mol. The van der Waals surface area contributed by atoms with Crippen molar-refractivity contribution >= 4 is 5.82 Å². The van der Waals surface area contributed by atoms with Gasteiger partial charge in [0.1, 0.15) is 29.7 Å². The Morgan fingerprint density at radius 3 is 2.83 bits per heavy atom. The predicted molar refractivity (Wildman–Crippen MR) is 69.6 cm³/mol. The van der Waals surface area contributed by atoms with Gasteiger partial charge in [-0.25, -0.2) is 4.98 Å². The number of hydrogen-bond acceptors (Lipinski definition) is 4. The molecule has 0 atom stereocenters. The smallest absolute Gasteiger partial charge is 0.149 e. The Morgan fingerprint density at radius 2 is 2.11 bits per heavy atom. The van der Waals surface area contributed by atoms with Crippen molar-refractivity contribution in [3.05, 3.63) is 36.3 Å². The number of benzene rings is 1. The molecule has 0 aliphatic heterocycles. The zero-order chi connectivity index (χ0) is 13.0. The molecule has 0 fully saturated rings. The molecule has 2 N–H and O–H groups in total. The van der Waals surface area contributed by atoms with Crippen LogP contribution in [-0.2, 0) is 13.2 Å². The van der Waals surface area contributed by atoms with Gasteiger partial charge in [0, 0.05) is 18.8 Å². The van der Waals surface area contributed by atoms with Gasteiger partial charge in [0.25, 0.3) is 0 Å². The van der Waals surface area contributed by atoms with Crippen LogP contribution in [0.2, 0.25) is 0 Å². The van der Waals surface area contributed by atoms with Crippen LogP contribution in [0.4, 0.5) is 5.82 Å². The summed E-state index contributed by atoms with van der Waals surface area (Å²) in [5, 5.41) is 0. The minimum absolute atomic E-state index is 0.387. The predicted octanol–water partition coefficient (Wildman–Crippen LogP) is 2.07. The maximum Gasteiger partial charge on any atom is 0.149 e. The van der Waals surface area contributed by atoms with Crippen molar-refractivity contribution in [1.29, 1.82) is 0 Å². The maximum atomic E-state index is 5.67. The van der Waals surface area contributed by atoms with E-state index in [4.69, 9.17) is 15.2 Å². The monoisotopic (exact) mass is 247 g/mol. The van der Waals surface area contributed by atoms with Gasteiger partial charge in [-0.1, -0.05) is 6.07 Å². The molecule has 0 unspecified atom stereocenters. The van der Waals surface area contributed by atoms with E-state index in [1.165, 1.54) is 0 Å². The molecule has 1 aromatic heterocycles. The van der Waals surface area contributed by atoms with Gasteiger partial charge >= 0.3 is 0 Å². The number of nitrogens with two attached hydrogens (primary N) is 1. The Morgan fingerprint density at radius 1 is 1.33 bits per heavy atom. The first-order chi connectivity index (χ1) is 8.72. The van der Waals surface area contributed by atoms with Gasteiger partial charge in [0.05, 0.1) is 7.11 Å². The molecule has 0 saturated carbocycles. The number of anilines is 1. The summed E-state index contributed by atoms with van der Waals surface area (Å²) >= 11 is 0. The maximum absolute atomic E-state index is 5.67. The van der Waals surface area contributed by atoms with Gasteiger partial charge in [-0.3, -0.25) is 0 Å². The Kier molecular flexibility index (Phi) is 3.72. The van der Waals surface area contributed by atoms with Crippen molar-refractivity contribution in [1.82, 2.24) is 9.55 Å². The highest BCUT2D eigenvalue weighted by molar-refractivity contribution is 5.33. The molecule has 18 heavy (non-hydrogen) atoms. The van der Waals surface area contributed by atoms with Gasteiger partial charge in [-0.05, 0) is 19.1 Å². The number of ether oxygens (including phenoxy) is 2. The molecule has 1 heterocycles. The quantitative estimate of drug-likeness (QED) is 0.878. The summed E-state index contributed by atoms with van der Waals surface area (Å²) in [6, 6.07) is 7.47. The molecule has 5 heteroatoms. The van der Waals surface area contributed by atoms with E-state index in [0.29, 0.717) is 12.4 Å². The van der Waals surface area contributed by atoms with Crippen LogP contribution >= 0.6 is 0 Å². The third-order valence-corrected chi connectivity index (χ3v) is 2.63. The standard InChI is InChI=1S/C13H17N3O2/c1-3-16-8-12(14)15-13(16)9-18-11-6-4-5-10(7-11)17-2/h4-8H,3,9,14H2,1-2H3. The Labute approximate surface area is 106 Å². The number of nitrogens with zero attached hydrogens (tertiary/aromatic N) is 2. The van der Waals surface area contributed by atoms with Crippen molar-refractivity contribution in [2.75, 3.05) is 12.8 Å². The van der Waals surface area contributed by atoms with Gasteiger partial charge in [0.2, 0.25) is 0 Å². The minimum Gasteiger partial charge on any atom is -0.497 e. The second kappa shape index (κ2) is 5.44. The molecular formula is C13H17N3O2. The van der Waals surface area contributed by atoms with E-state index in [0.717, 1.165) is 23.9 Å². The lowest BCUT2D eigenvalue weighted by Crippen LogP contribution is -2.05. The summed E-state index contributed by atoms with van der Waals surface area (Å²) < 4.78 is 12.8. The molecule has 2 rings (SSSR count). The normalized spacial score (nSPS) is 10.3. The molecule has 0 spiro atoms. The van der Waals surface area contributed by atoms with Crippen molar-refractivity contribution in [3.8, 4) is 11.5 Å². The van der Waals surface area contributed by atoms with Gasteiger partial charge in [0.15, 0.2) is 0 Å². The average Bonchev–Trinajstić information content (AvgIpc) is 2.77. The molecule has 0 aliphatic rings. The van der Waals surface area contributed by atoms with E-state index in [1.807, 2.05) is 42.0 Å². The summed E-state index contributed by atoms with van der Waals surface area (Å²) in [7, 11) is 1.63. The number of hydrogen-bond donors (Lipinski definition) is 1. The van der Waals surface area contributed by atoms with E-state index in [1.54, 1.807) is 7.11 Å². The van der Waals surface area contributed by atoms with E-state index >= 15 is 0 Å². The second-order valence-corrected chi connectivity index (χ2v) is 3.84. The Bertz CT molecular complexity index is 523. The lowest BCUT2D eigenvalue weighted by atomic mass is 10.3. The third-order valence-electron chi connectivity index (χ3n) is 2.63. The van der Waals surface area contributed by atoms with Crippen LogP contribution in [0.15, 0.2) is 30.5 Å². The minimum atomic E-state index is 0.387. The summed E-state index contributed by atoms with van der Waals surface area (Å²) in [6.07, 6.45) is 1.81. The topological polar surface area (TPSA) is 62.3 Å². The van der Waals surface area contributed by atoms with Crippen molar-refractivity contribution < 1.29 is 9.47 Å². The summed E-state index contributed by atoms with van der Waals surface area (Å²) in [5.41, 5.74) is 5.66. The van der Waals surface area contributed by atoms with Crippen LogP contribution < -0.4 is 15.2 Å². The summed E-state index contributed by atoms with van der Waals surface area (Å²) in [5.74, 6) is 2.85. The number of aryl methyl sites for hydroxylation is 1. The first-order valence-electron chi connectivity index (χ1n) is 5.81. The molecule has 0 amide bonds. The van der Waals surface area contributed by atoms with Crippen molar-refractivity contribution in [2.24, 2.45) is 0 Å². The highest BCUT2D eigenvalue weighted by Gasteiger charge is 2.05. The lowest BCUT2D eigenvalue weighted by molar-refractivity contribution is 0.288. The molecule has 0 aliphatic carbocycles. The highest BCUT2D eigenvalue weighted by Crippen LogP contribution is 2.20. The lowest BCUT2D eigenvalue weighted by Gasteiger charge is -2.08. The highest BCUT2D eigenvalue weighted by atomic mass is 16.5. The number of aromatic nitrogens is 2. The van der Waals surface area contributed by atoms with Gasteiger partial charge < -0.3 is 19.8 Å². The van der Waals surface area contributed by atoms with Gasteiger partial charge in [-0.2, -0.15) is 0 Å². The molecule has 0 bridgehead atoms. The van der Waals surface area contributed by atoms with E-state index in [-0.39, 0.29) is 0 Å². The number of nitrogen functional groups attached to an aromatic ring is 1. The largest absolute Gasteiger partial charge is 0.497 e. The molecule has 0 radical (unpaired) electrons. The van der Waals surface area contributed by atoms with Crippen molar-refractivity contribution in [2.45, 2.75) is 20.1 Å². The van der Waals surface area contributed by atoms with Crippen LogP contribution in [0.1, 0.15) is 12.7 Å². The number of rotatable bonds is 5. The second-order valence-electron chi connectivity index (χ2n) is 3.84. The van der Waals surface area contributed by atoms with Crippen LogP contribution in [0.25, 0.3) is 0 Å². The fourth-order valence-corrected chi connectivity index (χ4v) is 1.70. The molecule has 96 valence electrons. The zero-order valence-electron chi connectivity index (χ0n) is 10.6. The van der Waals surface area contributed by atoms with Crippen LogP contribution in [0.3, 0.4) is 0 Å². The summed E-state index contributed by atoms with van der Waals surface area (Å²) in [6.45, 7) is 3.25. The molecular weight excluding hydrogens is 230 g/mol. The van der Waals surface area contributed by atoms with Crippen LogP contribution in [0.5, 0.6) is 11.5 Å². The number of methoxy groups -OCH3 is 1. The fraction of sp³-hybridized carbons (Fsp3) is 0.308. The fourth-order valence-electron chi connectivity index (χ4n) is 1.70. The van der Waals surface area contributed by atoms with Crippen LogP contribution in [-0.4, -0.2) is 16.7 Å². The molecule has 2 aromatic rings. The van der Waals surface area contributed by atoms with Gasteiger partial charge in [-0.15, -0.1) is 0 Å². The van der Waals surface area contributed by atoms with E-state index in [2.05, 4.69) is 4.98 Å². The van der Waals surface area contributed by atoms with Crippen molar-refractivity contribution in [3.63, 3.8) is 0 Å².